The molecule has 0 nitrogen and oxygen atoms in total. The van der Waals surface area contributed by atoms with Gasteiger partial charge in [-0.25, -0.2) is 0 Å². The van der Waals surface area contributed by atoms with E-state index in [1.165, 1.54) is 87.8 Å². The van der Waals surface area contributed by atoms with Crippen molar-refractivity contribution >= 4 is 14.9 Å². The number of halogens is 2. The van der Waals surface area contributed by atoms with Crippen LogP contribution >= 0.6 is 0 Å². The van der Waals surface area contributed by atoms with Crippen LogP contribution in [-0.4, -0.2) is 3.71 Å². The third kappa shape index (κ3) is 5.97. The van der Waals surface area contributed by atoms with Crippen LogP contribution in [0, 0.1) is 18.3 Å². The first-order valence-corrected chi connectivity index (χ1v) is 22.3. The Hall–Kier alpha value is -2.05. The summed E-state index contributed by atoms with van der Waals surface area (Å²) in [5.41, 5.74) is 19.9. The van der Waals surface area contributed by atoms with Gasteiger partial charge >= 0.3 is 294 Å². The molecular weight excluding hydrogens is 715 g/mol. The minimum absolute atomic E-state index is 0. The van der Waals surface area contributed by atoms with E-state index in [1.807, 2.05) is 0 Å². The number of hydrogen-bond acceptors (Lipinski definition) is 0. The van der Waals surface area contributed by atoms with Crippen LogP contribution in [0.4, 0.5) is 0 Å². The fourth-order valence-corrected chi connectivity index (χ4v) is 18.1. The fourth-order valence-electron chi connectivity index (χ4n) is 10.0. The molecule has 3 aromatic carbocycles. The van der Waals surface area contributed by atoms with Crippen molar-refractivity contribution in [3.63, 3.8) is 0 Å². The molecule has 1 unspecified atom stereocenters. The Bertz CT molecular complexity index is 1920. The second-order valence-corrected chi connectivity index (χ2v) is 22.9. The van der Waals surface area contributed by atoms with Crippen LogP contribution in [0.15, 0.2) is 81.7 Å². The summed E-state index contributed by atoms with van der Waals surface area (Å²) in [4.78, 5) is 0. The van der Waals surface area contributed by atoms with Gasteiger partial charge in [0, 0.05) is 0 Å². The minimum Gasteiger partial charge on any atom is -1.00 e. The van der Waals surface area contributed by atoms with Crippen molar-refractivity contribution in [2.24, 2.45) is 11.3 Å². The van der Waals surface area contributed by atoms with E-state index < -0.39 is 21.3 Å². The average Bonchev–Trinajstić information content (AvgIpc) is 3.69. The Morgan fingerprint density at radius 2 is 1.18 bits per heavy atom. The third-order valence-electron chi connectivity index (χ3n) is 12.6. The summed E-state index contributed by atoms with van der Waals surface area (Å²) in [7, 11) is 0. The first-order chi connectivity index (χ1) is 22.3. The molecule has 1 atom stereocenters. The van der Waals surface area contributed by atoms with E-state index in [1.54, 1.807) is 20.0 Å². The van der Waals surface area contributed by atoms with Crippen LogP contribution in [-0.2, 0) is 32.1 Å². The Kier molecular flexibility index (Phi) is 9.65. The molecule has 5 aliphatic rings. The third-order valence-corrected chi connectivity index (χ3v) is 20.4. The molecule has 5 aliphatic carbocycles. The molecule has 49 heavy (non-hydrogen) atoms. The number of fused-ring (bicyclic) bond motifs is 5. The number of hydrogen-bond donors (Lipinski definition) is 0. The maximum Gasteiger partial charge on any atom is -1.00 e. The molecule has 0 aliphatic heterocycles. The maximum atomic E-state index is 2.83. The van der Waals surface area contributed by atoms with Gasteiger partial charge in [-0.05, 0) is 0 Å². The fraction of sp³-hybridized carbons (Fsp3) is 0.413. The van der Waals surface area contributed by atoms with Gasteiger partial charge in [-0.3, -0.25) is 0 Å². The second-order valence-electron chi connectivity index (χ2n) is 17.1. The molecule has 0 heterocycles. The Balaban J connectivity index is 0.00000208. The Morgan fingerprint density at radius 1 is 0.673 bits per heavy atom. The standard InChI is InChI=1S/C25H25.C13H19.C8H8.2ClH.Zr/c1-14-12-24(3,4)22-8-16-7-17-9-23-19(15(2)13-25(23,5)6)11-21(17)20(16)10-18(14)22;1-11-6-7-12(10-11)13(2)8-4-3-5-9-13;1-7-3-5-8(2)6-4-7;;;/h7-13H,1-6H3;7,10-11H,3-5,8-9H2,1-2H3;1,3-6H,2H3;2*1H;/q;;;;;+2/p-2. The molecular formula is C46H52Cl2Zr. The number of benzene rings is 3. The predicted octanol–water partition coefficient (Wildman–Crippen LogP) is 6.36. The summed E-state index contributed by atoms with van der Waals surface area (Å²) in [6.07, 6.45) is 17.3. The van der Waals surface area contributed by atoms with Crippen LogP contribution in [0.1, 0.15) is 136 Å². The summed E-state index contributed by atoms with van der Waals surface area (Å²) in [5, 5.41) is 0. The minimum atomic E-state index is -2.60. The van der Waals surface area contributed by atoms with Gasteiger partial charge in [0.25, 0.3) is 0 Å². The predicted molar refractivity (Wildman–Crippen MR) is 200 cm³/mol. The van der Waals surface area contributed by atoms with E-state index >= 15 is 0 Å². The number of aryl methyl sites for hydroxylation is 1. The van der Waals surface area contributed by atoms with Crippen molar-refractivity contribution in [3.05, 3.63) is 126 Å². The van der Waals surface area contributed by atoms with E-state index in [0.717, 1.165) is 0 Å². The van der Waals surface area contributed by atoms with Gasteiger partial charge in [-0.1, -0.05) is 0 Å². The van der Waals surface area contributed by atoms with Crippen LogP contribution in [0.2, 0.25) is 0 Å². The van der Waals surface area contributed by atoms with Gasteiger partial charge in [0.15, 0.2) is 0 Å². The molecule has 8 rings (SSSR count). The zero-order valence-corrected chi connectivity index (χ0v) is 34.9. The molecule has 3 heteroatoms. The molecule has 0 amide bonds. The van der Waals surface area contributed by atoms with Crippen molar-refractivity contribution in [2.45, 2.75) is 109 Å². The van der Waals surface area contributed by atoms with Crippen molar-refractivity contribution in [1.29, 1.82) is 0 Å². The molecule has 0 bridgehead atoms. The van der Waals surface area contributed by atoms with E-state index in [2.05, 4.69) is 139 Å². The Labute approximate surface area is 316 Å². The molecule has 0 N–H and O–H groups in total. The number of allylic oxidation sites excluding steroid dienone is 8. The van der Waals surface area contributed by atoms with E-state index in [0.29, 0.717) is 15.0 Å². The van der Waals surface area contributed by atoms with Gasteiger partial charge in [0.05, 0.1) is 0 Å². The molecule has 3 aromatic rings. The maximum absolute atomic E-state index is 2.83. The number of rotatable bonds is 4. The average molecular weight is 767 g/mol. The van der Waals surface area contributed by atoms with Gasteiger partial charge in [-0.15, -0.1) is 0 Å². The topological polar surface area (TPSA) is 0 Å². The van der Waals surface area contributed by atoms with Crippen LogP contribution < -0.4 is 24.8 Å². The zero-order valence-electron chi connectivity index (χ0n) is 31.0. The molecule has 1 fully saturated rings. The first kappa shape index (κ1) is 36.7. The van der Waals surface area contributed by atoms with Crippen LogP contribution in [0.3, 0.4) is 0 Å². The normalized spacial score (nSPS) is 22.1. The molecule has 254 valence electrons. The summed E-state index contributed by atoms with van der Waals surface area (Å²) < 4.78 is 5.09. The first-order valence-electron chi connectivity index (χ1n) is 18.3. The molecule has 0 spiro atoms. The smallest absolute Gasteiger partial charge is 1.00 e. The monoisotopic (exact) mass is 764 g/mol. The van der Waals surface area contributed by atoms with Crippen LogP contribution in [0.5, 0.6) is 0 Å². The van der Waals surface area contributed by atoms with E-state index in [4.69, 9.17) is 0 Å². The second kappa shape index (κ2) is 12.9. The van der Waals surface area contributed by atoms with Crippen molar-refractivity contribution in [2.75, 3.05) is 0 Å². The summed E-state index contributed by atoms with van der Waals surface area (Å²) in [6.45, 7) is 21.6. The summed E-state index contributed by atoms with van der Waals surface area (Å²) >= 11 is -2.60. The van der Waals surface area contributed by atoms with Gasteiger partial charge < -0.3 is 24.8 Å². The molecule has 0 saturated heterocycles. The van der Waals surface area contributed by atoms with Gasteiger partial charge in [0.1, 0.15) is 0 Å². The van der Waals surface area contributed by atoms with E-state index in [9.17, 15) is 0 Å². The van der Waals surface area contributed by atoms with Crippen molar-refractivity contribution in [1.82, 2.24) is 0 Å². The summed E-state index contributed by atoms with van der Waals surface area (Å²) in [6, 6.07) is 20.0. The summed E-state index contributed by atoms with van der Waals surface area (Å²) in [5.74, 6) is 0.511. The SMILES string of the molecule is CC1=CC(C)(C)c2cc3c(cc21)-c1cc2c(cc1[CH]3/[Zr+2](=[CH]/c1ccc(C)cc1)[C]1=CC(C3(C)CCCCC3)=CC1C)C(C)(C)C=C2C.[Cl-].[Cl-]. The van der Waals surface area contributed by atoms with Crippen LogP contribution in [0.25, 0.3) is 22.3 Å². The van der Waals surface area contributed by atoms with Gasteiger partial charge in [-0.2, -0.15) is 0 Å². The van der Waals surface area contributed by atoms with Gasteiger partial charge in [0.2, 0.25) is 0 Å². The zero-order chi connectivity index (χ0) is 33.0. The van der Waals surface area contributed by atoms with E-state index in [-0.39, 0.29) is 35.6 Å². The van der Waals surface area contributed by atoms with Crippen molar-refractivity contribution < 1.29 is 46.1 Å². The largest absolute Gasteiger partial charge is 1.00 e. The molecule has 0 radical (unpaired) electrons. The Morgan fingerprint density at radius 3 is 1.69 bits per heavy atom. The molecule has 0 aromatic heterocycles. The quantitative estimate of drug-likeness (QED) is 0.290. The van der Waals surface area contributed by atoms with Crippen molar-refractivity contribution in [3.8, 4) is 11.1 Å². The molecule has 1 saturated carbocycles.